The number of aromatic nitrogens is 1. The van der Waals surface area contributed by atoms with Crippen molar-refractivity contribution >= 4 is 31.9 Å². The van der Waals surface area contributed by atoms with Gasteiger partial charge in [-0.15, -0.1) is 0 Å². The lowest BCUT2D eigenvalue weighted by Crippen LogP contribution is -1.86. The van der Waals surface area contributed by atoms with Gasteiger partial charge in [-0.1, -0.05) is 37.0 Å². The predicted molar refractivity (Wildman–Crippen MR) is 65.1 cm³/mol. The van der Waals surface area contributed by atoms with E-state index in [0.29, 0.717) is 0 Å². The van der Waals surface area contributed by atoms with E-state index in [1.54, 1.807) is 0 Å². The fourth-order valence-corrected chi connectivity index (χ4v) is 2.81. The maximum atomic E-state index is 5.37. The van der Waals surface area contributed by atoms with Gasteiger partial charge in [-0.25, -0.2) is 0 Å². The minimum Gasteiger partial charge on any atom is -0.356 e. The Labute approximate surface area is 104 Å². The van der Waals surface area contributed by atoms with Gasteiger partial charge in [0.2, 0.25) is 0 Å². The van der Waals surface area contributed by atoms with Crippen LogP contribution in [0.4, 0.5) is 0 Å². The summed E-state index contributed by atoms with van der Waals surface area (Å²) in [6.07, 6.45) is 0.925. The lowest BCUT2D eigenvalue weighted by molar-refractivity contribution is 0.427. The first-order chi connectivity index (χ1) is 7.29. The molecule has 1 aliphatic carbocycles. The van der Waals surface area contributed by atoms with Crippen molar-refractivity contribution in [3.05, 3.63) is 39.5 Å². The summed E-state index contributed by atoms with van der Waals surface area (Å²) in [5.41, 5.74) is 4.72. The molecule has 4 heteroatoms. The summed E-state index contributed by atoms with van der Waals surface area (Å²) in [5, 5.41) is 4.79. The van der Waals surface area contributed by atoms with Crippen LogP contribution in [0.3, 0.4) is 0 Å². The van der Waals surface area contributed by atoms with Crippen LogP contribution >= 0.6 is 31.9 Å². The van der Waals surface area contributed by atoms with Gasteiger partial charge in [0.05, 0.1) is 5.69 Å². The second-order valence-electron chi connectivity index (χ2n) is 3.55. The SMILES string of the molecule is BrCc1noc2c1Cc1cc(Br)ccc1-2. The number of nitrogens with zero attached hydrogens (tertiary/aromatic N) is 1. The largest absolute Gasteiger partial charge is 0.356 e. The molecule has 0 bridgehead atoms. The third kappa shape index (κ3) is 1.39. The summed E-state index contributed by atoms with van der Waals surface area (Å²) in [6, 6.07) is 6.25. The van der Waals surface area contributed by atoms with E-state index < -0.39 is 0 Å². The lowest BCUT2D eigenvalue weighted by Gasteiger charge is -1.98. The zero-order valence-electron chi connectivity index (χ0n) is 7.76. The monoisotopic (exact) mass is 327 g/mol. The number of rotatable bonds is 1. The van der Waals surface area contributed by atoms with Gasteiger partial charge in [-0.05, 0) is 23.8 Å². The van der Waals surface area contributed by atoms with E-state index >= 15 is 0 Å². The van der Waals surface area contributed by atoms with Crippen LogP contribution in [-0.4, -0.2) is 5.16 Å². The second kappa shape index (κ2) is 3.46. The van der Waals surface area contributed by atoms with Gasteiger partial charge < -0.3 is 4.52 Å². The van der Waals surface area contributed by atoms with Crippen molar-refractivity contribution in [3.8, 4) is 11.3 Å². The zero-order valence-corrected chi connectivity index (χ0v) is 10.9. The average Bonchev–Trinajstić information content (AvgIpc) is 2.74. The van der Waals surface area contributed by atoms with Crippen LogP contribution in [0.2, 0.25) is 0 Å². The molecule has 1 heterocycles. The average molecular weight is 329 g/mol. The Morgan fingerprint density at radius 2 is 2.27 bits per heavy atom. The summed E-state index contributed by atoms with van der Waals surface area (Å²) in [7, 11) is 0. The third-order valence-electron chi connectivity index (χ3n) is 2.68. The van der Waals surface area contributed by atoms with E-state index in [1.807, 2.05) is 6.07 Å². The second-order valence-corrected chi connectivity index (χ2v) is 5.03. The number of halogens is 2. The zero-order chi connectivity index (χ0) is 10.4. The molecule has 2 aromatic rings. The summed E-state index contributed by atoms with van der Waals surface area (Å²) in [4.78, 5) is 0. The van der Waals surface area contributed by atoms with Crippen molar-refractivity contribution in [3.63, 3.8) is 0 Å². The van der Waals surface area contributed by atoms with Gasteiger partial charge in [0.25, 0.3) is 0 Å². The smallest absolute Gasteiger partial charge is 0.170 e. The predicted octanol–water partition coefficient (Wildman–Crippen LogP) is 3.90. The quantitative estimate of drug-likeness (QED) is 0.633. The molecule has 1 aliphatic rings. The van der Waals surface area contributed by atoms with Gasteiger partial charge in [0.15, 0.2) is 5.76 Å². The maximum Gasteiger partial charge on any atom is 0.170 e. The highest BCUT2D eigenvalue weighted by Gasteiger charge is 2.26. The molecule has 0 radical (unpaired) electrons. The van der Waals surface area contributed by atoms with Crippen LogP contribution < -0.4 is 0 Å². The molecule has 0 fully saturated rings. The summed E-state index contributed by atoms with van der Waals surface area (Å²) < 4.78 is 6.48. The van der Waals surface area contributed by atoms with Gasteiger partial charge >= 0.3 is 0 Å². The van der Waals surface area contributed by atoms with E-state index in [1.165, 1.54) is 16.7 Å². The molecule has 3 rings (SSSR count). The van der Waals surface area contributed by atoms with Crippen LogP contribution in [0.5, 0.6) is 0 Å². The summed E-state index contributed by atoms with van der Waals surface area (Å²) >= 11 is 6.90. The van der Waals surface area contributed by atoms with Crippen LogP contribution in [0.1, 0.15) is 16.8 Å². The Bertz CT molecular complexity index is 533. The molecule has 0 spiro atoms. The van der Waals surface area contributed by atoms with Gasteiger partial charge in [0, 0.05) is 27.4 Å². The van der Waals surface area contributed by atoms with Crippen molar-refractivity contribution < 1.29 is 4.52 Å². The molecule has 15 heavy (non-hydrogen) atoms. The van der Waals surface area contributed by atoms with Crippen LogP contribution in [0.15, 0.2) is 27.2 Å². The van der Waals surface area contributed by atoms with Crippen molar-refractivity contribution in [2.75, 3.05) is 0 Å². The number of fused-ring (bicyclic) bond motifs is 3. The molecular weight excluding hydrogens is 322 g/mol. The molecule has 1 aromatic heterocycles. The van der Waals surface area contributed by atoms with Crippen LogP contribution in [0.25, 0.3) is 11.3 Å². The Morgan fingerprint density at radius 1 is 1.40 bits per heavy atom. The number of benzene rings is 1. The number of hydrogen-bond acceptors (Lipinski definition) is 2. The van der Waals surface area contributed by atoms with Gasteiger partial charge in [-0.2, -0.15) is 0 Å². The molecule has 0 atom stereocenters. The molecule has 0 unspecified atom stereocenters. The first-order valence-corrected chi connectivity index (χ1v) is 6.53. The molecule has 0 aliphatic heterocycles. The number of alkyl halides is 1. The van der Waals surface area contributed by atoms with Crippen LogP contribution in [0, 0.1) is 0 Å². The maximum absolute atomic E-state index is 5.37. The molecule has 2 nitrogen and oxygen atoms in total. The normalized spacial score (nSPS) is 12.7. The molecule has 1 aromatic carbocycles. The summed E-state index contributed by atoms with van der Waals surface area (Å²) in [5.74, 6) is 0.937. The van der Waals surface area contributed by atoms with E-state index in [-0.39, 0.29) is 0 Å². The molecule has 0 amide bonds. The topological polar surface area (TPSA) is 26.0 Å². The fourth-order valence-electron chi connectivity index (χ4n) is 1.96. The minimum absolute atomic E-state index is 0.751. The Hall–Kier alpha value is -0.610. The Kier molecular flexibility index (Phi) is 2.21. The standard InChI is InChI=1S/C11H7Br2NO/c12-5-10-9-4-6-3-7(13)1-2-8(6)11(9)15-14-10/h1-3H,4-5H2. The van der Waals surface area contributed by atoms with E-state index in [0.717, 1.165) is 27.7 Å². The highest BCUT2D eigenvalue weighted by atomic mass is 79.9. The van der Waals surface area contributed by atoms with Crippen LogP contribution in [-0.2, 0) is 11.8 Å². The van der Waals surface area contributed by atoms with Crippen molar-refractivity contribution in [1.82, 2.24) is 5.16 Å². The van der Waals surface area contributed by atoms with Crippen molar-refractivity contribution in [2.45, 2.75) is 11.8 Å². The molecule has 0 saturated heterocycles. The Morgan fingerprint density at radius 3 is 3.07 bits per heavy atom. The fraction of sp³-hybridized carbons (Fsp3) is 0.182. The molecule has 76 valence electrons. The minimum atomic E-state index is 0.751. The van der Waals surface area contributed by atoms with Crippen molar-refractivity contribution in [2.24, 2.45) is 0 Å². The van der Waals surface area contributed by atoms with E-state index in [4.69, 9.17) is 4.52 Å². The van der Waals surface area contributed by atoms with E-state index in [9.17, 15) is 0 Å². The molecular formula is C11H7Br2NO. The van der Waals surface area contributed by atoms with Crippen molar-refractivity contribution in [1.29, 1.82) is 0 Å². The highest BCUT2D eigenvalue weighted by molar-refractivity contribution is 9.10. The summed E-state index contributed by atoms with van der Waals surface area (Å²) in [6.45, 7) is 0. The number of hydrogen-bond donors (Lipinski definition) is 0. The molecule has 0 N–H and O–H groups in total. The first-order valence-electron chi connectivity index (χ1n) is 4.62. The third-order valence-corrected chi connectivity index (χ3v) is 3.70. The lowest BCUT2D eigenvalue weighted by atomic mass is 10.1. The Balaban J connectivity index is 2.20. The first kappa shape index (κ1) is 9.60. The van der Waals surface area contributed by atoms with Gasteiger partial charge in [0.1, 0.15) is 0 Å². The molecule has 0 saturated carbocycles. The van der Waals surface area contributed by atoms with E-state index in [2.05, 4.69) is 49.1 Å². The van der Waals surface area contributed by atoms with Gasteiger partial charge in [-0.3, -0.25) is 0 Å². The highest BCUT2D eigenvalue weighted by Crippen LogP contribution is 2.39.